The van der Waals surface area contributed by atoms with Crippen molar-refractivity contribution in [3.8, 4) is 0 Å². The molecule has 0 aliphatic heterocycles. The Morgan fingerprint density at radius 3 is 2.33 bits per heavy atom. The molecule has 0 spiro atoms. The van der Waals surface area contributed by atoms with Crippen molar-refractivity contribution in [3.05, 3.63) is 34.3 Å². The fourth-order valence-electron chi connectivity index (χ4n) is 1.99. The molecule has 0 heterocycles. The van der Waals surface area contributed by atoms with Crippen molar-refractivity contribution in [3.63, 3.8) is 0 Å². The minimum Gasteiger partial charge on any atom is -0.313 e. The van der Waals surface area contributed by atoms with Crippen molar-refractivity contribution in [1.82, 2.24) is 5.32 Å². The first kappa shape index (κ1) is 15.7. The predicted molar refractivity (Wildman–Crippen MR) is 83.8 cm³/mol. The van der Waals surface area contributed by atoms with Crippen LogP contribution in [0.2, 0.25) is 0 Å². The van der Waals surface area contributed by atoms with E-state index in [1.807, 2.05) is 0 Å². The number of nitrogens with one attached hydrogen (secondary N) is 1. The van der Waals surface area contributed by atoms with E-state index in [9.17, 15) is 0 Å². The summed E-state index contributed by atoms with van der Waals surface area (Å²) in [6.45, 7) is 6.73. The number of unbranched alkanes of at least 4 members (excludes halogenated alkanes) is 3. The van der Waals surface area contributed by atoms with Gasteiger partial charge in [-0.2, -0.15) is 0 Å². The Hall–Kier alpha value is -0.340. The molecule has 1 nitrogen and oxygen atoms in total. The van der Waals surface area contributed by atoms with Crippen LogP contribution in [0.25, 0.3) is 0 Å². The monoisotopic (exact) mass is 311 g/mol. The first-order valence-electron chi connectivity index (χ1n) is 7.13. The Balaban J connectivity index is 1.94. The molecule has 0 saturated carbocycles. The molecule has 1 aromatic carbocycles. The molecule has 0 aromatic heterocycles. The highest BCUT2D eigenvalue weighted by atomic mass is 79.9. The maximum absolute atomic E-state index is 3.51. The number of halogens is 1. The molecule has 0 fully saturated rings. The van der Waals surface area contributed by atoms with E-state index >= 15 is 0 Å². The fraction of sp³-hybridized carbons (Fsp3) is 0.625. The zero-order chi connectivity index (χ0) is 13.2. The zero-order valence-electron chi connectivity index (χ0n) is 11.7. The van der Waals surface area contributed by atoms with Crippen LogP contribution in [-0.4, -0.2) is 6.54 Å². The van der Waals surface area contributed by atoms with Crippen molar-refractivity contribution >= 4 is 15.9 Å². The molecule has 1 rings (SSSR count). The fourth-order valence-corrected chi connectivity index (χ4v) is 2.26. The molecular formula is C16H26BrN. The molecule has 102 valence electrons. The molecule has 0 bridgehead atoms. The van der Waals surface area contributed by atoms with Crippen LogP contribution >= 0.6 is 15.9 Å². The second kappa shape index (κ2) is 9.57. The molecule has 0 radical (unpaired) electrons. The van der Waals surface area contributed by atoms with Crippen LogP contribution < -0.4 is 5.32 Å². The molecule has 0 amide bonds. The topological polar surface area (TPSA) is 12.0 Å². The summed E-state index contributed by atoms with van der Waals surface area (Å²) in [6, 6.07) is 8.53. The summed E-state index contributed by atoms with van der Waals surface area (Å²) in [5.41, 5.74) is 1.36. The minimum absolute atomic E-state index is 0.862. The van der Waals surface area contributed by atoms with E-state index in [1.165, 1.54) is 37.7 Å². The second-order valence-corrected chi connectivity index (χ2v) is 6.32. The largest absolute Gasteiger partial charge is 0.313 e. The van der Waals surface area contributed by atoms with Gasteiger partial charge >= 0.3 is 0 Å². The summed E-state index contributed by atoms with van der Waals surface area (Å²) in [5, 5.41) is 3.51. The Kier molecular flexibility index (Phi) is 8.36. The summed E-state index contributed by atoms with van der Waals surface area (Å²) >= 11 is 3.45. The van der Waals surface area contributed by atoms with E-state index in [0.29, 0.717) is 0 Å². The maximum atomic E-state index is 3.51. The minimum atomic E-state index is 0.862. The van der Waals surface area contributed by atoms with E-state index in [-0.39, 0.29) is 0 Å². The zero-order valence-corrected chi connectivity index (χ0v) is 13.3. The quantitative estimate of drug-likeness (QED) is 0.622. The van der Waals surface area contributed by atoms with Crippen molar-refractivity contribution in [2.24, 2.45) is 5.92 Å². The van der Waals surface area contributed by atoms with Gasteiger partial charge in [0.2, 0.25) is 0 Å². The van der Waals surface area contributed by atoms with Gasteiger partial charge < -0.3 is 5.32 Å². The van der Waals surface area contributed by atoms with Gasteiger partial charge in [-0.25, -0.2) is 0 Å². The Morgan fingerprint density at radius 2 is 1.67 bits per heavy atom. The first-order chi connectivity index (χ1) is 8.68. The third-order valence-corrected chi connectivity index (χ3v) is 3.66. The summed E-state index contributed by atoms with van der Waals surface area (Å²) in [6.07, 6.45) is 6.82. The number of hydrogen-bond acceptors (Lipinski definition) is 1. The van der Waals surface area contributed by atoms with Crippen LogP contribution in [0.3, 0.4) is 0 Å². The van der Waals surface area contributed by atoms with Crippen LogP contribution in [0.5, 0.6) is 0 Å². The molecule has 2 heteroatoms. The average Bonchev–Trinajstić information content (AvgIpc) is 2.34. The second-order valence-electron chi connectivity index (χ2n) is 5.40. The first-order valence-corrected chi connectivity index (χ1v) is 7.93. The summed E-state index contributed by atoms with van der Waals surface area (Å²) < 4.78 is 1.15. The van der Waals surface area contributed by atoms with E-state index in [4.69, 9.17) is 0 Å². The molecule has 1 aromatic rings. The van der Waals surface area contributed by atoms with E-state index in [1.54, 1.807) is 0 Å². The third kappa shape index (κ3) is 7.88. The molecule has 0 aliphatic carbocycles. The molecule has 18 heavy (non-hydrogen) atoms. The summed E-state index contributed by atoms with van der Waals surface area (Å²) in [5.74, 6) is 0.862. The van der Waals surface area contributed by atoms with Crippen molar-refractivity contribution in [2.45, 2.75) is 52.5 Å². The lowest BCUT2D eigenvalue weighted by Gasteiger charge is -2.06. The van der Waals surface area contributed by atoms with E-state index in [2.05, 4.69) is 59.4 Å². The van der Waals surface area contributed by atoms with Crippen molar-refractivity contribution in [1.29, 1.82) is 0 Å². The Bertz CT molecular complexity index is 305. The standard InChI is InChI=1S/C16H26BrN/c1-14(2)7-5-3-4-6-12-18-13-15-8-10-16(17)11-9-15/h8-11,14,18H,3-7,12-13H2,1-2H3. The van der Waals surface area contributed by atoms with Gasteiger partial charge in [-0.3, -0.25) is 0 Å². The van der Waals surface area contributed by atoms with Gasteiger partial charge in [0, 0.05) is 11.0 Å². The number of benzene rings is 1. The Labute approximate surface area is 120 Å². The van der Waals surface area contributed by atoms with Gasteiger partial charge in [0.1, 0.15) is 0 Å². The smallest absolute Gasteiger partial charge is 0.0205 e. The lowest BCUT2D eigenvalue weighted by Crippen LogP contribution is -2.14. The van der Waals surface area contributed by atoms with Crippen LogP contribution in [0.15, 0.2) is 28.7 Å². The number of rotatable bonds is 9. The SMILES string of the molecule is CC(C)CCCCCCNCc1ccc(Br)cc1. The van der Waals surface area contributed by atoms with E-state index in [0.717, 1.165) is 23.5 Å². The van der Waals surface area contributed by atoms with Gasteiger partial charge in [-0.1, -0.05) is 67.6 Å². The van der Waals surface area contributed by atoms with Gasteiger partial charge in [0.15, 0.2) is 0 Å². The summed E-state index contributed by atoms with van der Waals surface area (Å²) in [7, 11) is 0. The van der Waals surface area contributed by atoms with Crippen molar-refractivity contribution < 1.29 is 0 Å². The average molecular weight is 312 g/mol. The molecule has 1 N–H and O–H groups in total. The molecule has 0 saturated heterocycles. The van der Waals surface area contributed by atoms with Crippen LogP contribution in [-0.2, 0) is 6.54 Å². The molecular weight excluding hydrogens is 286 g/mol. The van der Waals surface area contributed by atoms with Crippen LogP contribution in [0.1, 0.15) is 51.5 Å². The predicted octanol–water partition coefficient (Wildman–Crippen LogP) is 5.15. The van der Waals surface area contributed by atoms with Crippen LogP contribution in [0, 0.1) is 5.92 Å². The normalized spacial score (nSPS) is 11.1. The van der Waals surface area contributed by atoms with Crippen LogP contribution in [0.4, 0.5) is 0 Å². The summed E-state index contributed by atoms with van der Waals surface area (Å²) in [4.78, 5) is 0. The lowest BCUT2D eigenvalue weighted by molar-refractivity contribution is 0.512. The highest BCUT2D eigenvalue weighted by Crippen LogP contribution is 2.11. The lowest BCUT2D eigenvalue weighted by atomic mass is 10.0. The highest BCUT2D eigenvalue weighted by Gasteiger charge is 1.95. The Morgan fingerprint density at radius 1 is 1.00 bits per heavy atom. The third-order valence-electron chi connectivity index (χ3n) is 3.13. The maximum Gasteiger partial charge on any atom is 0.0205 e. The van der Waals surface area contributed by atoms with Crippen molar-refractivity contribution in [2.75, 3.05) is 6.54 Å². The van der Waals surface area contributed by atoms with Gasteiger partial charge in [0.25, 0.3) is 0 Å². The number of hydrogen-bond donors (Lipinski definition) is 1. The molecule has 0 unspecified atom stereocenters. The van der Waals surface area contributed by atoms with E-state index < -0.39 is 0 Å². The molecule has 0 aliphatic rings. The van der Waals surface area contributed by atoms with Gasteiger partial charge in [-0.05, 0) is 36.6 Å². The highest BCUT2D eigenvalue weighted by molar-refractivity contribution is 9.10. The van der Waals surface area contributed by atoms with Gasteiger partial charge in [0.05, 0.1) is 0 Å². The molecule has 0 atom stereocenters. The van der Waals surface area contributed by atoms with Gasteiger partial charge in [-0.15, -0.1) is 0 Å².